The number of carbonyl (C=O) groups is 3. The molecule has 0 spiro atoms. The van der Waals surface area contributed by atoms with Gasteiger partial charge in [-0.15, -0.1) is 0 Å². The Morgan fingerprint density at radius 2 is 1.83 bits per heavy atom. The van der Waals surface area contributed by atoms with Crippen molar-refractivity contribution in [2.45, 2.75) is 26.8 Å². The summed E-state index contributed by atoms with van der Waals surface area (Å²) in [6.45, 7) is 4.91. The molecule has 0 aliphatic heterocycles. The Morgan fingerprint density at radius 1 is 1.22 bits per heavy atom. The highest BCUT2D eigenvalue weighted by atomic mass is 16.4. The van der Waals surface area contributed by atoms with Crippen LogP contribution in [0.4, 0.5) is 4.79 Å². The molecule has 7 heteroatoms. The van der Waals surface area contributed by atoms with E-state index in [1.54, 1.807) is 29.2 Å². The van der Waals surface area contributed by atoms with Crippen molar-refractivity contribution in [3.63, 3.8) is 0 Å². The Balaban J connectivity index is 2.77. The lowest BCUT2D eigenvalue weighted by molar-refractivity contribution is -0.137. The fourth-order valence-electron chi connectivity index (χ4n) is 2.08. The number of benzene rings is 1. The van der Waals surface area contributed by atoms with Gasteiger partial charge in [0.15, 0.2) is 0 Å². The molecule has 0 radical (unpaired) electrons. The Morgan fingerprint density at radius 3 is 2.30 bits per heavy atom. The van der Waals surface area contributed by atoms with Crippen molar-refractivity contribution in [3.8, 4) is 0 Å². The Bertz CT molecular complexity index is 555. The predicted molar refractivity (Wildman–Crippen MR) is 85.9 cm³/mol. The predicted octanol–water partition coefficient (Wildman–Crippen LogP) is 1.43. The van der Waals surface area contributed by atoms with Crippen LogP contribution in [0.1, 0.15) is 36.2 Å². The van der Waals surface area contributed by atoms with E-state index in [0.29, 0.717) is 18.7 Å². The van der Waals surface area contributed by atoms with Gasteiger partial charge in [0, 0.05) is 25.2 Å². The SMILES string of the molecule is CC(C)CN(CCC(=O)O)C(=O)c1ccc(CNC(N)=O)cc1. The van der Waals surface area contributed by atoms with Gasteiger partial charge in [-0.25, -0.2) is 4.79 Å². The first-order valence-corrected chi connectivity index (χ1v) is 7.43. The summed E-state index contributed by atoms with van der Waals surface area (Å²) in [6.07, 6.45) is -0.0843. The quantitative estimate of drug-likeness (QED) is 0.672. The van der Waals surface area contributed by atoms with Gasteiger partial charge in [-0.1, -0.05) is 26.0 Å². The van der Waals surface area contributed by atoms with Gasteiger partial charge in [0.05, 0.1) is 6.42 Å². The second kappa shape index (κ2) is 8.77. The number of nitrogens with two attached hydrogens (primary N) is 1. The maximum absolute atomic E-state index is 12.5. The minimum atomic E-state index is -0.931. The van der Waals surface area contributed by atoms with Gasteiger partial charge in [0.2, 0.25) is 0 Å². The molecule has 3 amide bonds. The first kappa shape index (κ1) is 18.5. The smallest absolute Gasteiger partial charge is 0.312 e. The summed E-state index contributed by atoms with van der Waals surface area (Å²) >= 11 is 0. The molecule has 1 rings (SSSR count). The molecule has 126 valence electrons. The number of carboxylic acids is 1. The third-order valence-electron chi connectivity index (χ3n) is 3.14. The number of hydrogen-bond donors (Lipinski definition) is 3. The minimum Gasteiger partial charge on any atom is -0.481 e. The monoisotopic (exact) mass is 321 g/mol. The fourth-order valence-corrected chi connectivity index (χ4v) is 2.08. The van der Waals surface area contributed by atoms with E-state index in [1.165, 1.54) is 0 Å². The van der Waals surface area contributed by atoms with Crippen LogP contribution in [0.2, 0.25) is 0 Å². The average molecular weight is 321 g/mol. The summed E-state index contributed by atoms with van der Waals surface area (Å²) in [5, 5.41) is 11.3. The molecule has 0 aromatic heterocycles. The van der Waals surface area contributed by atoms with Crippen LogP contribution in [0.25, 0.3) is 0 Å². The van der Waals surface area contributed by atoms with Gasteiger partial charge in [0.1, 0.15) is 0 Å². The van der Waals surface area contributed by atoms with Crippen molar-refractivity contribution < 1.29 is 19.5 Å². The van der Waals surface area contributed by atoms with Gasteiger partial charge in [-0.2, -0.15) is 0 Å². The van der Waals surface area contributed by atoms with Crippen LogP contribution < -0.4 is 11.1 Å². The van der Waals surface area contributed by atoms with Crippen LogP contribution >= 0.6 is 0 Å². The van der Waals surface area contributed by atoms with Crippen molar-refractivity contribution in [1.29, 1.82) is 0 Å². The van der Waals surface area contributed by atoms with E-state index in [4.69, 9.17) is 10.8 Å². The highest BCUT2D eigenvalue weighted by Crippen LogP contribution is 2.10. The number of urea groups is 1. The molecular weight excluding hydrogens is 298 g/mol. The van der Waals surface area contributed by atoms with Gasteiger partial charge in [-0.3, -0.25) is 9.59 Å². The van der Waals surface area contributed by atoms with Crippen molar-refractivity contribution >= 4 is 17.9 Å². The summed E-state index contributed by atoms with van der Waals surface area (Å²) < 4.78 is 0. The molecule has 4 N–H and O–H groups in total. The average Bonchev–Trinajstić information content (AvgIpc) is 2.48. The molecule has 1 aromatic rings. The zero-order chi connectivity index (χ0) is 17.4. The number of carbonyl (C=O) groups excluding carboxylic acids is 2. The number of amides is 3. The van der Waals surface area contributed by atoms with Gasteiger partial charge in [0.25, 0.3) is 5.91 Å². The van der Waals surface area contributed by atoms with E-state index in [-0.39, 0.29) is 24.8 Å². The van der Waals surface area contributed by atoms with E-state index in [9.17, 15) is 14.4 Å². The van der Waals surface area contributed by atoms with E-state index >= 15 is 0 Å². The molecule has 0 bridgehead atoms. The number of aliphatic carboxylic acids is 1. The van der Waals surface area contributed by atoms with Crippen molar-refractivity contribution in [2.75, 3.05) is 13.1 Å². The summed E-state index contributed by atoms with van der Waals surface area (Å²) in [7, 11) is 0. The number of rotatable bonds is 8. The third kappa shape index (κ3) is 6.82. The highest BCUT2D eigenvalue weighted by molar-refractivity contribution is 5.94. The molecule has 1 aromatic carbocycles. The summed E-state index contributed by atoms with van der Waals surface area (Å²) in [5.74, 6) is -0.888. The molecule has 0 unspecified atom stereocenters. The molecule has 0 saturated heterocycles. The number of hydrogen-bond acceptors (Lipinski definition) is 3. The van der Waals surface area contributed by atoms with Crippen LogP contribution in [0.3, 0.4) is 0 Å². The molecule has 0 atom stereocenters. The summed E-state index contributed by atoms with van der Waals surface area (Å²) in [6, 6.07) is 6.17. The number of nitrogens with zero attached hydrogens (tertiary/aromatic N) is 1. The maximum Gasteiger partial charge on any atom is 0.312 e. The Hall–Kier alpha value is -2.57. The standard InChI is InChI=1S/C16H23N3O4/c1-11(2)10-19(8-7-14(20)21)15(22)13-5-3-12(4-6-13)9-18-16(17)23/h3-6,11H,7-10H2,1-2H3,(H,20,21)(H3,17,18,23). The molecule has 0 saturated carbocycles. The number of primary amides is 1. The number of nitrogens with one attached hydrogen (secondary N) is 1. The van der Waals surface area contributed by atoms with Crippen LogP contribution in [-0.2, 0) is 11.3 Å². The minimum absolute atomic E-state index is 0.0843. The van der Waals surface area contributed by atoms with Crippen molar-refractivity contribution in [2.24, 2.45) is 11.7 Å². The Labute approximate surface area is 135 Å². The lowest BCUT2D eigenvalue weighted by Gasteiger charge is -2.24. The third-order valence-corrected chi connectivity index (χ3v) is 3.14. The second-order valence-corrected chi connectivity index (χ2v) is 5.70. The Kier molecular flexibility index (Phi) is 7.05. The molecule has 23 heavy (non-hydrogen) atoms. The molecule has 0 aliphatic rings. The molecule has 0 fully saturated rings. The van der Waals surface area contributed by atoms with E-state index in [1.807, 2.05) is 13.8 Å². The van der Waals surface area contributed by atoms with E-state index in [0.717, 1.165) is 5.56 Å². The topological polar surface area (TPSA) is 113 Å². The lowest BCUT2D eigenvalue weighted by atomic mass is 10.1. The van der Waals surface area contributed by atoms with Crippen LogP contribution in [-0.4, -0.2) is 41.0 Å². The van der Waals surface area contributed by atoms with E-state index < -0.39 is 12.0 Å². The first-order valence-electron chi connectivity index (χ1n) is 7.43. The first-order chi connectivity index (χ1) is 10.8. The van der Waals surface area contributed by atoms with Crippen LogP contribution in [0, 0.1) is 5.92 Å². The zero-order valence-electron chi connectivity index (χ0n) is 13.4. The lowest BCUT2D eigenvalue weighted by Crippen LogP contribution is -2.36. The van der Waals surface area contributed by atoms with Gasteiger partial charge < -0.3 is 21.1 Å². The maximum atomic E-state index is 12.5. The molecule has 0 heterocycles. The highest BCUT2D eigenvalue weighted by Gasteiger charge is 2.17. The van der Waals surface area contributed by atoms with Gasteiger partial charge in [-0.05, 0) is 23.6 Å². The molecule has 0 aliphatic carbocycles. The molecule has 7 nitrogen and oxygen atoms in total. The molecular formula is C16H23N3O4. The normalized spacial score (nSPS) is 10.4. The van der Waals surface area contributed by atoms with Crippen molar-refractivity contribution in [3.05, 3.63) is 35.4 Å². The second-order valence-electron chi connectivity index (χ2n) is 5.70. The fraction of sp³-hybridized carbons (Fsp3) is 0.438. The van der Waals surface area contributed by atoms with E-state index in [2.05, 4.69) is 5.32 Å². The number of carboxylic acid groups (broad SMARTS) is 1. The largest absolute Gasteiger partial charge is 0.481 e. The van der Waals surface area contributed by atoms with Crippen LogP contribution in [0.5, 0.6) is 0 Å². The van der Waals surface area contributed by atoms with Crippen LogP contribution in [0.15, 0.2) is 24.3 Å². The van der Waals surface area contributed by atoms with Gasteiger partial charge >= 0.3 is 12.0 Å². The summed E-state index contributed by atoms with van der Waals surface area (Å²) in [5.41, 5.74) is 6.31. The summed E-state index contributed by atoms with van der Waals surface area (Å²) in [4.78, 5) is 35.5. The van der Waals surface area contributed by atoms with Crippen molar-refractivity contribution in [1.82, 2.24) is 10.2 Å². The zero-order valence-corrected chi connectivity index (χ0v) is 13.4.